The number of rotatable bonds is 2. The molecule has 6 aromatic rings. The summed E-state index contributed by atoms with van der Waals surface area (Å²) in [7, 11) is 0. The molecule has 6 rings (SSSR count). The molecular formula is C26H17N3. The van der Waals surface area contributed by atoms with E-state index >= 15 is 0 Å². The molecule has 3 heterocycles. The third-order valence-corrected chi connectivity index (χ3v) is 5.49. The highest BCUT2D eigenvalue weighted by Crippen LogP contribution is 2.38. The molecule has 3 heteroatoms. The zero-order valence-corrected chi connectivity index (χ0v) is 15.6. The van der Waals surface area contributed by atoms with E-state index in [4.69, 9.17) is 9.97 Å². The fourth-order valence-corrected chi connectivity index (χ4v) is 4.09. The summed E-state index contributed by atoms with van der Waals surface area (Å²) < 4.78 is 0. The minimum Gasteiger partial charge on any atom is -0.360 e. The molecule has 0 spiro atoms. The number of benzene rings is 3. The fraction of sp³-hybridized carbons (Fsp3) is 0. The highest BCUT2D eigenvalue weighted by molar-refractivity contribution is 6.08. The average Bonchev–Trinajstić information content (AvgIpc) is 3.22. The molecule has 29 heavy (non-hydrogen) atoms. The van der Waals surface area contributed by atoms with Gasteiger partial charge < -0.3 is 4.98 Å². The van der Waals surface area contributed by atoms with Gasteiger partial charge in [-0.05, 0) is 22.9 Å². The number of H-pyrrole nitrogens is 1. The van der Waals surface area contributed by atoms with Gasteiger partial charge in [-0.25, -0.2) is 4.98 Å². The van der Waals surface area contributed by atoms with E-state index in [0.717, 1.165) is 38.9 Å². The molecule has 0 bridgehead atoms. The van der Waals surface area contributed by atoms with Gasteiger partial charge >= 0.3 is 0 Å². The number of para-hydroxylation sites is 1. The van der Waals surface area contributed by atoms with Crippen LogP contribution in [0.4, 0.5) is 0 Å². The molecule has 0 saturated carbocycles. The van der Waals surface area contributed by atoms with Crippen LogP contribution in [-0.2, 0) is 0 Å². The van der Waals surface area contributed by atoms with Crippen LogP contribution < -0.4 is 0 Å². The molecule has 3 aromatic heterocycles. The molecule has 1 N–H and O–H groups in total. The molecule has 0 radical (unpaired) electrons. The molecule has 136 valence electrons. The summed E-state index contributed by atoms with van der Waals surface area (Å²) >= 11 is 0. The van der Waals surface area contributed by atoms with Crippen LogP contribution in [0.15, 0.2) is 97.3 Å². The van der Waals surface area contributed by atoms with E-state index in [2.05, 4.69) is 77.9 Å². The molecular weight excluding hydrogens is 354 g/mol. The molecule has 0 atom stereocenters. The van der Waals surface area contributed by atoms with Crippen molar-refractivity contribution >= 4 is 32.4 Å². The third-order valence-electron chi connectivity index (χ3n) is 5.49. The van der Waals surface area contributed by atoms with E-state index in [9.17, 15) is 0 Å². The number of hydrogen-bond donors (Lipinski definition) is 1. The van der Waals surface area contributed by atoms with E-state index < -0.39 is 0 Å². The maximum Gasteiger partial charge on any atom is 0.0986 e. The molecule has 0 unspecified atom stereocenters. The van der Waals surface area contributed by atoms with Crippen molar-refractivity contribution in [2.24, 2.45) is 0 Å². The predicted octanol–water partition coefficient (Wildman–Crippen LogP) is 6.60. The first-order valence-electron chi connectivity index (χ1n) is 9.69. The van der Waals surface area contributed by atoms with Crippen LogP contribution in [0.25, 0.3) is 55.1 Å². The molecule has 0 aliphatic rings. The van der Waals surface area contributed by atoms with Crippen molar-refractivity contribution in [2.45, 2.75) is 0 Å². The van der Waals surface area contributed by atoms with Gasteiger partial charge in [-0.3, -0.25) is 4.98 Å². The van der Waals surface area contributed by atoms with E-state index in [0.29, 0.717) is 0 Å². The van der Waals surface area contributed by atoms with Crippen LogP contribution in [0.1, 0.15) is 0 Å². The molecule has 0 amide bonds. The Labute approximate surface area is 167 Å². The standard InChI is InChI=1S/C26H17N3/c1-4-10-20-18(8-1)15-28-26(23-14-13-17-7-3-6-12-22(17)29-23)24(20)25-21-11-5-2-9-19(21)16-27-25/h1-16,27H. The zero-order chi connectivity index (χ0) is 19.2. The summed E-state index contributed by atoms with van der Waals surface area (Å²) in [4.78, 5) is 13.3. The topological polar surface area (TPSA) is 41.6 Å². The van der Waals surface area contributed by atoms with Crippen LogP contribution in [0.2, 0.25) is 0 Å². The Bertz CT molecular complexity index is 1510. The zero-order valence-electron chi connectivity index (χ0n) is 15.6. The first kappa shape index (κ1) is 16.0. The summed E-state index contributed by atoms with van der Waals surface area (Å²) in [5, 5.41) is 5.79. The van der Waals surface area contributed by atoms with Crippen molar-refractivity contribution in [1.29, 1.82) is 0 Å². The van der Waals surface area contributed by atoms with E-state index in [-0.39, 0.29) is 0 Å². The number of nitrogens with one attached hydrogen (secondary N) is 1. The Morgan fingerprint density at radius 1 is 0.621 bits per heavy atom. The van der Waals surface area contributed by atoms with Crippen molar-refractivity contribution in [3.63, 3.8) is 0 Å². The van der Waals surface area contributed by atoms with Crippen LogP contribution in [0, 0.1) is 0 Å². The van der Waals surface area contributed by atoms with Gasteiger partial charge in [0.05, 0.1) is 22.6 Å². The number of hydrogen-bond acceptors (Lipinski definition) is 2. The molecule has 0 saturated heterocycles. The third kappa shape index (κ3) is 2.52. The Hall–Kier alpha value is -3.98. The smallest absolute Gasteiger partial charge is 0.0986 e. The van der Waals surface area contributed by atoms with Gasteiger partial charge in [-0.15, -0.1) is 0 Å². The maximum atomic E-state index is 4.93. The lowest BCUT2D eigenvalue weighted by atomic mass is 9.97. The number of aromatic amines is 1. The highest BCUT2D eigenvalue weighted by atomic mass is 14.8. The van der Waals surface area contributed by atoms with Gasteiger partial charge in [-0.1, -0.05) is 72.8 Å². The Morgan fingerprint density at radius 2 is 1.34 bits per heavy atom. The van der Waals surface area contributed by atoms with Gasteiger partial charge in [0.2, 0.25) is 0 Å². The maximum absolute atomic E-state index is 4.93. The number of aromatic nitrogens is 3. The SMILES string of the molecule is c1ccc2nc(-c3ncc4ccccc4c3-c3[nH]cc4ccccc34)ccc2c1. The second-order valence-electron chi connectivity index (χ2n) is 7.21. The summed E-state index contributed by atoms with van der Waals surface area (Å²) in [6.07, 6.45) is 4.00. The second kappa shape index (κ2) is 6.28. The van der Waals surface area contributed by atoms with Crippen LogP contribution in [0.3, 0.4) is 0 Å². The summed E-state index contributed by atoms with van der Waals surface area (Å²) in [5.74, 6) is 0. The van der Waals surface area contributed by atoms with Gasteiger partial charge in [-0.2, -0.15) is 0 Å². The van der Waals surface area contributed by atoms with Crippen molar-refractivity contribution in [3.05, 3.63) is 97.3 Å². The molecule has 0 aliphatic carbocycles. The normalized spacial score (nSPS) is 11.4. The monoisotopic (exact) mass is 371 g/mol. The van der Waals surface area contributed by atoms with Crippen molar-refractivity contribution in [1.82, 2.24) is 15.0 Å². The summed E-state index contributed by atoms with van der Waals surface area (Å²) in [6, 6.07) is 29.2. The van der Waals surface area contributed by atoms with E-state index in [1.165, 1.54) is 16.2 Å². The van der Waals surface area contributed by atoms with Crippen LogP contribution in [-0.4, -0.2) is 15.0 Å². The molecule has 3 nitrogen and oxygen atoms in total. The van der Waals surface area contributed by atoms with Crippen molar-refractivity contribution < 1.29 is 0 Å². The Kier molecular flexibility index (Phi) is 3.47. The number of fused-ring (bicyclic) bond motifs is 3. The van der Waals surface area contributed by atoms with Crippen molar-refractivity contribution in [2.75, 3.05) is 0 Å². The Balaban J connectivity index is 1.71. The quantitative estimate of drug-likeness (QED) is 0.373. The minimum atomic E-state index is 0.878. The second-order valence-corrected chi connectivity index (χ2v) is 7.21. The molecule has 0 fully saturated rings. The van der Waals surface area contributed by atoms with Crippen molar-refractivity contribution in [3.8, 4) is 22.6 Å². The predicted molar refractivity (Wildman–Crippen MR) is 120 cm³/mol. The fourth-order valence-electron chi connectivity index (χ4n) is 4.09. The first-order valence-corrected chi connectivity index (χ1v) is 9.69. The van der Waals surface area contributed by atoms with E-state index in [1.54, 1.807) is 0 Å². The van der Waals surface area contributed by atoms with Gasteiger partial charge in [0.15, 0.2) is 0 Å². The summed E-state index contributed by atoms with van der Waals surface area (Å²) in [6.45, 7) is 0. The van der Waals surface area contributed by atoms with Gasteiger partial charge in [0, 0.05) is 34.1 Å². The molecule has 0 aliphatic heterocycles. The van der Waals surface area contributed by atoms with Crippen LogP contribution in [0.5, 0.6) is 0 Å². The average molecular weight is 371 g/mol. The lowest BCUT2D eigenvalue weighted by molar-refractivity contribution is 1.28. The lowest BCUT2D eigenvalue weighted by Crippen LogP contribution is -1.94. The number of nitrogens with zero attached hydrogens (tertiary/aromatic N) is 2. The number of pyridine rings is 2. The summed E-state index contributed by atoms with van der Waals surface area (Å²) in [5.41, 5.74) is 4.91. The minimum absolute atomic E-state index is 0.878. The van der Waals surface area contributed by atoms with Gasteiger partial charge in [0.25, 0.3) is 0 Å². The lowest BCUT2D eigenvalue weighted by Gasteiger charge is -2.12. The van der Waals surface area contributed by atoms with E-state index in [1.807, 2.05) is 24.4 Å². The first-order chi connectivity index (χ1) is 14.4. The van der Waals surface area contributed by atoms with Gasteiger partial charge in [0.1, 0.15) is 0 Å². The van der Waals surface area contributed by atoms with Crippen LogP contribution >= 0.6 is 0 Å². The largest absolute Gasteiger partial charge is 0.360 e. The molecule has 3 aromatic carbocycles. The Morgan fingerprint density at radius 3 is 2.24 bits per heavy atom. The highest BCUT2D eigenvalue weighted by Gasteiger charge is 2.17.